The Balaban J connectivity index is 2.32. The van der Waals surface area contributed by atoms with E-state index < -0.39 is 6.80 Å². The molecule has 0 aliphatic rings. The number of rotatable bonds is 6. The Labute approximate surface area is 138 Å². The van der Waals surface area contributed by atoms with Gasteiger partial charge in [0, 0.05) is 4.90 Å². The second-order valence-electron chi connectivity index (χ2n) is 5.28. The lowest BCUT2D eigenvalue weighted by Crippen LogP contribution is -2.03. The Kier molecular flexibility index (Phi) is 5.76. The number of phenolic OH excluding ortho intramolecular Hbond substituents is 2. The Hall–Kier alpha value is -1.46. The Morgan fingerprint density at radius 3 is 2.39 bits per heavy atom. The van der Waals surface area contributed by atoms with Crippen molar-refractivity contribution in [2.75, 3.05) is 0 Å². The summed E-state index contributed by atoms with van der Waals surface area (Å²) in [5, 5.41) is 19.2. The van der Waals surface area contributed by atoms with Crippen LogP contribution in [0.5, 0.6) is 11.5 Å². The molecule has 1 unspecified atom stereocenters. The zero-order valence-electron chi connectivity index (χ0n) is 12.6. The van der Waals surface area contributed by atoms with E-state index in [1.165, 1.54) is 12.1 Å². The van der Waals surface area contributed by atoms with Gasteiger partial charge in [-0.1, -0.05) is 25.1 Å². The van der Waals surface area contributed by atoms with Crippen LogP contribution in [0.3, 0.4) is 0 Å². The fourth-order valence-electron chi connectivity index (χ4n) is 2.47. The lowest BCUT2D eigenvalue weighted by molar-refractivity contribution is 0.397. The highest BCUT2D eigenvalue weighted by molar-refractivity contribution is 8.54. The van der Waals surface area contributed by atoms with Crippen molar-refractivity contribution in [1.29, 1.82) is 0 Å². The summed E-state index contributed by atoms with van der Waals surface area (Å²) in [5.41, 5.74) is 1.72. The summed E-state index contributed by atoms with van der Waals surface area (Å²) in [6.07, 6.45) is 1.37. The van der Waals surface area contributed by atoms with Crippen LogP contribution in [0.1, 0.15) is 30.4 Å². The van der Waals surface area contributed by atoms with Crippen LogP contribution in [-0.2, 0) is 11.0 Å². The molecule has 2 rings (SSSR count). The molecular formula is C16H19O5PS. The van der Waals surface area contributed by atoms with Gasteiger partial charge < -0.3 is 20.0 Å². The van der Waals surface area contributed by atoms with Crippen LogP contribution in [0.2, 0.25) is 0 Å². The van der Waals surface area contributed by atoms with Crippen molar-refractivity contribution < 1.29 is 24.6 Å². The number of hydrogen-bond donors (Lipinski definition) is 4. The summed E-state index contributed by atoms with van der Waals surface area (Å²) in [7, 11) is 0. The first kappa shape index (κ1) is 17.9. The molecule has 0 aliphatic carbocycles. The van der Waals surface area contributed by atoms with Gasteiger partial charge in [-0.15, -0.1) is 0 Å². The highest BCUT2D eigenvalue weighted by Gasteiger charge is 2.20. The predicted molar refractivity (Wildman–Crippen MR) is 90.9 cm³/mol. The molecule has 4 N–H and O–H groups in total. The van der Waals surface area contributed by atoms with Gasteiger partial charge in [0.15, 0.2) is 0 Å². The molecule has 0 aromatic heterocycles. The van der Waals surface area contributed by atoms with Crippen LogP contribution >= 0.6 is 18.2 Å². The fraction of sp³-hybridized carbons (Fsp3) is 0.250. The van der Waals surface area contributed by atoms with Gasteiger partial charge in [0.2, 0.25) is 0 Å². The monoisotopic (exact) mass is 354 g/mol. The molecule has 0 saturated heterocycles. The number of benzene rings is 2. The zero-order valence-corrected chi connectivity index (χ0v) is 14.3. The summed E-state index contributed by atoms with van der Waals surface area (Å²) in [6.45, 7) is -2.28. The third kappa shape index (κ3) is 5.29. The molecule has 0 aliphatic heterocycles. The Morgan fingerprint density at radius 2 is 1.78 bits per heavy atom. The van der Waals surface area contributed by atoms with Gasteiger partial charge in [0.05, 0.1) is 0 Å². The summed E-state index contributed by atoms with van der Waals surface area (Å²) < 4.78 is 11.3. The van der Waals surface area contributed by atoms with Crippen LogP contribution in [0, 0.1) is 0 Å². The lowest BCUT2D eigenvalue weighted by Gasteiger charge is -2.18. The van der Waals surface area contributed by atoms with Gasteiger partial charge in [-0.25, -0.2) is 4.57 Å². The molecule has 7 heteroatoms. The van der Waals surface area contributed by atoms with E-state index in [2.05, 4.69) is 0 Å². The van der Waals surface area contributed by atoms with Crippen LogP contribution in [0.4, 0.5) is 0 Å². The summed E-state index contributed by atoms with van der Waals surface area (Å²) >= 11 is 0.450. The Morgan fingerprint density at radius 1 is 1.09 bits per heavy atom. The molecule has 2 aromatic rings. The molecule has 23 heavy (non-hydrogen) atoms. The topological polar surface area (TPSA) is 98.0 Å². The van der Waals surface area contributed by atoms with E-state index in [1.54, 1.807) is 24.3 Å². The third-order valence-electron chi connectivity index (χ3n) is 3.57. The average Bonchev–Trinajstić information content (AvgIpc) is 2.45. The molecular weight excluding hydrogens is 335 g/mol. The van der Waals surface area contributed by atoms with E-state index in [4.69, 9.17) is 0 Å². The molecule has 0 spiro atoms. The van der Waals surface area contributed by atoms with Crippen LogP contribution in [0.25, 0.3) is 0 Å². The van der Waals surface area contributed by atoms with E-state index in [0.29, 0.717) is 22.7 Å². The van der Waals surface area contributed by atoms with Crippen LogP contribution in [-0.4, -0.2) is 20.0 Å². The van der Waals surface area contributed by atoms with Gasteiger partial charge in [0.1, 0.15) is 11.5 Å². The minimum absolute atomic E-state index is 0.0323. The standard InChI is InChI=1S/C16H19O5PS/c1-2-11(12-4-3-5-14(17)9-12)8-13-6-7-15(18)10-16(13)23-22(19,20)21/h3-7,9-11,17-18H,2,8H2,1H3,(H2,19,20,21). The molecule has 2 aromatic carbocycles. The first-order valence-corrected chi connectivity index (χ1v) is 10.2. The zero-order chi connectivity index (χ0) is 17.0. The van der Waals surface area contributed by atoms with Gasteiger partial charge in [-0.05, 0) is 65.5 Å². The summed E-state index contributed by atoms with van der Waals surface area (Å²) in [6, 6.07) is 11.6. The van der Waals surface area contributed by atoms with Gasteiger partial charge in [-0.2, -0.15) is 0 Å². The van der Waals surface area contributed by atoms with E-state index >= 15 is 0 Å². The van der Waals surface area contributed by atoms with Crippen molar-refractivity contribution in [1.82, 2.24) is 0 Å². The Bertz CT molecular complexity index is 728. The number of aromatic hydroxyl groups is 2. The van der Waals surface area contributed by atoms with Gasteiger partial charge in [0.25, 0.3) is 0 Å². The van der Waals surface area contributed by atoms with Crippen molar-refractivity contribution in [3.8, 4) is 11.5 Å². The van der Waals surface area contributed by atoms with Crippen molar-refractivity contribution >= 4 is 18.2 Å². The van der Waals surface area contributed by atoms with E-state index in [9.17, 15) is 24.6 Å². The molecule has 124 valence electrons. The normalized spacial score (nSPS) is 13.0. The van der Waals surface area contributed by atoms with Gasteiger partial charge in [-0.3, -0.25) is 0 Å². The number of hydrogen-bond acceptors (Lipinski definition) is 4. The summed E-state index contributed by atoms with van der Waals surface area (Å²) in [4.78, 5) is 18.8. The molecule has 0 saturated carbocycles. The first-order valence-electron chi connectivity index (χ1n) is 7.14. The third-order valence-corrected chi connectivity index (χ3v) is 5.69. The van der Waals surface area contributed by atoms with Gasteiger partial charge >= 0.3 is 6.80 Å². The lowest BCUT2D eigenvalue weighted by atomic mass is 9.90. The van der Waals surface area contributed by atoms with E-state index in [0.717, 1.165) is 17.5 Å². The van der Waals surface area contributed by atoms with Crippen LogP contribution in [0.15, 0.2) is 47.4 Å². The maximum atomic E-state index is 11.3. The second-order valence-corrected chi connectivity index (χ2v) is 8.86. The quantitative estimate of drug-likeness (QED) is 0.585. The average molecular weight is 354 g/mol. The van der Waals surface area contributed by atoms with Crippen molar-refractivity contribution in [2.45, 2.75) is 30.6 Å². The molecule has 5 nitrogen and oxygen atoms in total. The molecule has 1 atom stereocenters. The second kappa shape index (κ2) is 7.41. The molecule has 0 heterocycles. The molecule has 0 radical (unpaired) electrons. The summed E-state index contributed by atoms with van der Waals surface area (Å²) in [5.74, 6) is 0.259. The van der Waals surface area contributed by atoms with E-state index in [-0.39, 0.29) is 17.4 Å². The first-order chi connectivity index (χ1) is 10.8. The largest absolute Gasteiger partial charge is 0.508 e. The fourth-order valence-corrected chi connectivity index (χ4v) is 4.44. The van der Waals surface area contributed by atoms with Crippen molar-refractivity contribution in [3.63, 3.8) is 0 Å². The molecule has 0 fully saturated rings. The highest BCUT2D eigenvalue weighted by atomic mass is 32.7. The minimum Gasteiger partial charge on any atom is -0.508 e. The highest BCUT2D eigenvalue weighted by Crippen LogP contribution is 2.56. The maximum Gasteiger partial charge on any atom is 0.388 e. The van der Waals surface area contributed by atoms with Crippen LogP contribution < -0.4 is 0 Å². The minimum atomic E-state index is -4.30. The molecule has 0 amide bonds. The number of phenols is 2. The predicted octanol–water partition coefficient (Wildman–Crippen LogP) is 4.02. The smallest absolute Gasteiger partial charge is 0.388 e. The SMILES string of the molecule is CCC(Cc1ccc(O)cc1SP(=O)(O)O)c1cccc(O)c1. The van der Waals surface area contributed by atoms with E-state index in [1.807, 2.05) is 13.0 Å². The van der Waals surface area contributed by atoms with Crippen molar-refractivity contribution in [2.24, 2.45) is 0 Å². The van der Waals surface area contributed by atoms with Crippen molar-refractivity contribution in [3.05, 3.63) is 53.6 Å². The molecule has 0 bridgehead atoms. The maximum absolute atomic E-state index is 11.3.